The van der Waals surface area contributed by atoms with Crippen molar-refractivity contribution in [2.24, 2.45) is 0 Å². The maximum atomic E-state index is 12.9. The third kappa shape index (κ3) is 5.33. The van der Waals surface area contributed by atoms with E-state index in [-0.39, 0.29) is 23.1 Å². The molecular weight excluding hydrogens is 472 g/mol. The van der Waals surface area contributed by atoms with Crippen LogP contribution in [0.15, 0.2) is 71.5 Å². The van der Waals surface area contributed by atoms with Crippen molar-refractivity contribution in [1.82, 2.24) is 14.8 Å². The molecule has 7 nitrogen and oxygen atoms in total. The zero-order valence-electron chi connectivity index (χ0n) is 17.4. The second kappa shape index (κ2) is 9.93. The van der Waals surface area contributed by atoms with Gasteiger partial charge in [0.05, 0.1) is 5.56 Å². The molecule has 3 aromatic rings. The molecule has 2 aromatic carbocycles. The summed E-state index contributed by atoms with van der Waals surface area (Å²) in [5.74, 6) is -0.664. The van der Waals surface area contributed by atoms with Crippen molar-refractivity contribution in [3.8, 4) is 5.75 Å². The van der Waals surface area contributed by atoms with Crippen LogP contribution in [0.25, 0.3) is 0 Å². The van der Waals surface area contributed by atoms with Crippen LogP contribution in [0, 0.1) is 0 Å². The lowest BCUT2D eigenvalue weighted by molar-refractivity contribution is 0.0625. The second-order valence-corrected chi connectivity index (χ2v) is 8.54. The molecule has 0 aliphatic carbocycles. The minimum absolute atomic E-state index is 0.153. The van der Waals surface area contributed by atoms with Gasteiger partial charge in [-0.05, 0) is 42.0 Å². The van der Waals surface area contributed by atoms with Crippen molar-refractivity contribution >= 4 is 33.4 Å². The average Bonchev–Trinajstić information content (AvgIpc) is 2.80. The third-order valence-electron chi connectivity index (χ3n) is 5.36. The number of benzene rings is 2. The van der Waals surface area contributed by atoms with E-state index in [0.29, 0.717) is 24.3 Å². The summed E-state index contributed by atoms with van der Waals surface area (Å²) < 4.78 is 0.800. The highest BCUT2D eigenvalue weighted by molar-refractivity contribution is 9.10. The first-order valence-electron chi connectivity index (χ1n) is 10.3. The van der Waals surface area contributed by atoms with E-state index in [1.54, 1.807) is 41.4 Å². The number of phenolic OH excluding ortho intramolecular Hbond substituents is 1. The fourth-order valence-corrected chi connectivity index (χ4v) is 4.05. The largest absolute Gasteiger partial charge is 0.507 e. The van der Waals surface area contributed by atoms with E-state index in [4.69, 9.17) is 0 Å². The van der Waals surface area contributed by atoms with Gasteiger partial charge in [0.2, 0.25) is 0 Å². The highest BCUT2D eigenvalue weighted by Gasteiger charge is 2.24. The summed E-state index contributed by atoms with van der Waals surface area (Å²) in [7, 11) is 0. The first-order chi connectivity index (χ1) is 15.5. The average molecular weight is 495 g/mol. The second-order valence-electron chi connectivity index (χ2n) is 7.63. The third-order valence-corrected chi connectivity index (χ3v) is 5.85. The van der Waals surface area contributed by atoms with E-state index in [9.17, 15) is 14.7 Å². The number of carbonyl (C=O) groups excluding carboxylic acids is 2. The van der Waals surface area contributed by atoms with E-state index >= 15 is 0 Å². The molecule has 0 bridgehead atoms. The van der Waals surface area contributed by atoms with Crippen LogP contribution >= 0.6 is 15.9 Å². The highest BCUT2D eigenvalue weighted by atomic mass is 79.9. The summed E-state index contributed by atoms with van der Waals surface area (Å²) in [5.41, 5.74) is 2.28. The summed E-state index contributed by atoms with van der Waals surface area (Å²) >= 11 is 3.34. The minimum Gasteiger partial charge on any atom is -0.507 e. The molecule has 2 heterocycles. The molecule has 0 atom stereocenters. The SMILES string of the molecule is O=C(Nc1ccc(C(=O)N2CCN(Cc3cccnc3)CC2)c(O)c1)c1cccc(Br)c1. The molecule has 0 saturated carbocycles. The zero-order chi connectivity index (χ0) is 22.5. The van der Waals surface area contributed by atoms with Gasteiger partial charge < -0.3 is 15.3 Å². The van der Waals surface area contributed by atoms with Crippen molar-refractivity contribution in [2.45, 2.75) is 6.54 Å². The predicted molar refractivity (Wildman–Crippen MR) is 126 cm³/mol. The van der Waals surface area contributed by atoms with Gasteiger partial charge in [0.15, 0.2) is 0 Å². The molecule has 164 valence electrons. The summed E-state index contributed by atoms with van der Waals surface area (Å²) in [6, 6.07) is 15.6. The minimum atomic E-state index is -0.297. The van der Waals surface area contributed by atoms with Gasteiger partial charge in [0.25, 0.3) is 11.8 Å². The van der Waals surface area contributed by atoms with Gasteiger partial charge >= 0.3 is 0 Å². The number of phenols is 1. The van der Waals surface area contributed by atoms with Gasteiger partial charge in [-0.1, -0.05) is 28.1 Å². The fourth-order valence-electron chi connectivity index (χ4n) is 3.65. The molecule has 0 unspecified atom stereocenters. The number of nitrogens with zero attached hydrogens (tertiary/aromatic N) is 3. The molecule has 2 amide bonds. The molecule has 0 radical (unpaired) electrons. The molecule has 32 heavy (non-hydrogen) atoms. The van der Waals surface area contributed by atoms with Crippen LogP contribution in [-0.4, -0.2) is 57.9 Å². The Morgan fingerprint density at radius 2 is 1.84 bits per heavy atom. The molecule has 4 rings (SSSR count). The number of amides is 2. The molecule has 1 aliphatic rings. The number of aromatic hydroxyl groups is 1. The van der Waals surface area contributed by atoms with E-state index in [2.05, 4.69) is 31.1 Å². The number of carbonyl (C=O) groups is 2. The monoisotopic (exact) mass is 494 g/mol. The quantitative estimate of drug-likeness (QED) is 0.563. The van der Waals surface area contributed by atoms with Crippen LogP contribution in [0.4, 0.5) is 5.69 Å². The van der Waals surface area contributed by atoms with Crippen molar-refractivity contribution in [3.05, 3.63) is 88.2 Å². The molecule has 2 N–H and O–H groups in total. The standard InChI is InChI=1S/C24H23BrN4O3/c25-19-5-1-4-18(13-19)23(31)27-20-6-7-21(22(30)14-20)24(32)29-11-9-28(10-12-29)16-17-3-2-8-26-15-17/h1-8,13-15,30H,9-12,16H2,(H,27,31). The van der Waals surface area contributed by atoms with E-state index < -0.39 is 0 Å². The molecule has 1 aromatic heterocycles. The van der Waals surface area contributed by atoms with Crippen LogP contribution < -0.4 is 5.32 Å². The lowest BCUT2D eigenvalue weighted by Crippen LogP contribution is -2.48. The van der Waals surface area contributed by atoms with Crippen LogP contribution in [0.2, 0.25) is 0 Å². The Hall–Kier alpha value is -3.23. The fraction of sp³-hybridized carbons (Fsp3) is 0.208. The van der Waals surface area contributed by atoms with Gasteiger partial charge in [-0.15, -0.1) is 0 Å². The topological polar surface area (TPSA) is 85.8 Å². The summed E-state index contributed by atoms with van der Waals surface area (Å²) in [6.45, 7) is 3.47. The lowest BCUT2D eigenvalue weighted by Gasteiger charge is -2.34. The normalized spacial score (nSPS) is 14.2. The number of nitrogens with one attached hydrogen (secondary N) is 1. The number of rotatable bonds is 5. The summed E-state index contributed by atoms with van der Waals surface area (Å²) in [6.07, 6.45) is 3.61. The summed E-state index contributed by atoms with van der Waals surface area (Å²) in [5, 5.41) is 13.2. The first kappa shape index (κ1) is 22.0. The van der Waals surface area contributed by atoms with Crippen LogP contribution in [-0.2, 0) is 6.54 Å². The number of hydrogen-bond acceptors (Lipinski definition) is 5. The van der Waals surface area contributed by atoms with Crippen molar-refractivity contribution in [2.75, 3.05) is 31.5 Å². The van der Waals surface area contributed by atoms with Crippen LogP contribution in [0.5, 0.6) is 5.75 Å². The van der Waals surface area contributed by atoms with E-state index in [0.717, 1.165) is 29.7 Å². The molecule has 1 saturated heterocycles. The summed E-state index contributed by atoms with van der Waals surface area (Å²) in [4.78, 5) is 33.5. The first-order valence-corrected chi connectivity index (χ1v) is 11.1. The van der Waals surface area contributed by atoms with E-state index in [1.165, 1.54) is 6.07 Å². The molecule has 0 spiro atoms. The Morgan fingerprint density at radius 3 is 2.53 bits per heavy atom. The van der Waals surface area contributed by atoms with Crippen LogP contribution in [0.1, 0.15) is 26.3 Å². The van der Waals surface area contributed by atoms with Crippen molar-refractivity contribution < 1.29 is 14.7 Å². The number of pyridine rings is 1. The molecular formula is C24H23BrN4O3. The number of anilines is 1. The Morgan fingerprint density at radius 1 is 1.03 bits per heavy atom. The maximum Gasteiger partial charge on any atom is 0.257 e. The predicted octanol–water partition coefficient (Wildman–Crippen LogP) is 3.76. The number of hydrogen-bond donors (Lipinski definition) is 2. The van der Waals surface area contributed by atoms with Crippen molar-refractivity contribution in [3.63, 3.8) is 0 Å². The lowest BCUT2D eigenvalue weighted by atomic mass is 10.1. The molecule has 8 heteroatoms. The van der Waals surface area contributed by atoms with Crippen molar-refractivity contribution in [1.29, 1.82) is 0 Å². The molecule has 1 aliphatic heterocycles. The number of halogens is 1. The van der Waals surface area contributed by atoms with Crippen LogP contribution in [0.3, 0.4) is 0 Å². The Bertz CT molecular complexity index is 1120. The smallest absolute Gasteiger partial charge is 0.257 e. The number of piperazine rings is 1. The van der Waals surface area contributed by atoms with Gasteiger partial charge in [0, 0.05) is 66.9 Å². The highest BCUT2D eigenvalue weighted by Crippen LogP contribution is 2.25. The van der Waals surface area contributed by atoms with Gasteiger partial charge in [-0.25, -0.2) is 0 Å². The Labute approximate surface area is 194 Å². The Kier molecular flexibility index (Phi) is 6.82. The maximum absolute atomic E-state index is 12.9. The van der Waals surface area contributed by atoms with Gasteiger partial charge in [-0.3, -0.25) is 19.5 Å². The van der Waals surface area contributed by atoms with Gasteiger partial charge in [0.1, 0.15) is 5.75 Å². The van der Waals surface area contributed by atoms with E-state index in [1.807, 2.05) is 24.4 Å². The van der Waals surface area contributed by atoms with Gasteiger partial charge in [-0.2, -0.15) is 0 Å². The molecule has 1 fully saturated rings. The number of aromatic nitrogens is 1. The Balaban J connectivity index is 1.36. The zero-order valence-corrected chi connectivity index (χ0v) is 19.0.